The molecule has 0 radical (unpaired) electrons. The lowest BCUT2D eigenvalue weighted by molar-refractivity contribution is -0.384. The standard InChI is InChI=1S/C17H19ClN4O3/c1-21(2)17-12(18)6-5-8-14(17)20-16(23)10-11-19-13-7-3-4-9-15(13)22(24)25/h3-9,19H,10-11H2,1-2H3,(H,20,23). The molecule has 2 aromatic rings. The fourth-order valence-electron chi connectivity index (χ4n) is 2.38. The van der Waals surface area contributed by atoms with Crippen LogP contribution in [-0.4, -0.2) is 31.5 Å². The van der Waals surface area contributed by atoms with Gasteiger partial charge in [0.15, 0.2) is 0 Å². The lowest BCUT2D eigenvalue weighted by atomic mass is 10.2. The van der Waals surface area contributed by atoms with Crippen LogP contribution in [0.4, 0.5) is 22.7 Å². The molecule has 0 heterocycles. The van der Waals surface area contributed by atoms with Gasteiger partial charge >= 0.3 is 0 Å². The van der Waals surface area contributed by atoms with Gasteiger partial charge in [0.05, 0.1) is 21.3 Å². The average molecular weight is 363 g/mol. The summed E-state index contributed by atoms with van der Waals surface area (Å²) in [6.07, 6.45) is 0.158. The van der Waals surface area contributed by atoms with Crippen LogP contribution >= 0.6 is 11.6 Å². The van der Waals surface area contributed by atoms with E-state index in [0.29, 0.717) is 16.4 Å². The number of carbonyl (C=O) groups is 1. The van der Waals surface area contributed by atoms with Gasteiger partial charge in [-0.05, 0) is 18.2 Å². The monoisotopic (exact) mass is 362 g/mol. The number of hydrogen-bond donors (Lipinski definition) is 2. The lowest BCUT2D eigenvalue weighted by Crippen LogP contribution is -2.19. The maximum atomic E-state index is 12.2. The Morgan fingerprint density at radius 3 is 2.52 bits per heavy atom. The van der Waals surface area contributed by atoms with E-state index in [4.69, 9.17) is 11.6 Å². The average Bonchev–Trinajstić information content (AvgIpc) is 2.54. The Bertz CT molecular complexity index is 780. The molecule has 0 saturated heterocycles. The first-order valence-corrected chi connectivity index (χ1v) is 8.01. The van der Waals surface area contributed by atoms with E-state index in [-0.39, 0.29) is 24.6 Å². The number of benzene rings is 2. The predicted octanol–water partition coefficient (Wildman–Crippen LogP) is 3.75. The number of anilines is 3. The van der Waals surface area contributed by atoms with E-state index in [1.165, 1.54) is 6.07 Å². The minimum atomic E-state index is -0.461. The molecule has 0 aliphatic heterocycles. The number of nitrogens with one attached hydrogen (secondary N) is 2. The molecule has 2 aromatic carbocycles. The number of rotatable bonds is 7. The molecule has 2 N–H and O–H groups in total. The SMILES string of the molecule is CN(C)c1c(Cl)cccc1NC(=O)CCNc1ccccc1[N+](=O)[O-]. The second kappa shape index (κ2) is 8.34. The summed E-state index contributed by atoms with van der Waals surface area (Å²) >= 11 is 6.17. The zero-order chi connectivity index (χ0) is 18.4. The first-order valence-electron chi connectivity index (χ1n) is 7.63. The molecular weight excluding hydrogens is 344 g/mol. The molecule has 0 saturated carbocycles. The zero-order valence-corrected chi connectivity index (χ0v) is 14.7. The molecule has 1 amide bonds. The maximum Gasteiger partial charge on any atom is 0.292 e. The number of carbonyl (C=O) groups excluding carboxylic acids is 1. The molecule has 25 heavy (non-hydrogen) atoms. The van der Waals surface area contributed by atoms with Crippen LogP contribution < -0.4 is 15.5 Å². The molecular formula is C17H19ClN4O3. The van der Waals surface area contributed by atoms with Crippen LogP contribution in [0.1, 0.15) is 6.42 Å². The van der Waals surface area contributed by atoms with Crippen molar-refractivity contribution in [3.63, 3.8) is 0 Å². The van der Waals surface area contributed by atoms with E-state index in [1.54, 1.807) is 36.4 Å². The summed E-state index contributed by atoms with van der Waals surface area (Å²) in [4.78, 5) is 24.5. The Labute approximate surface area is 150 Å². The van der Waals surface area contributed by atoms with Crippen LogP contribution in [-0.2, 0) is 4.79 Å². The minimum Gasteiger partial charge on any atom is -0.379 e. The summed E-state index contributed by atoms with van der Waals surface area (Å²) in [5, 5.41) is 17.2. The van der Waals surface area contributed by atoms with E-state index in [9.17, 15) is 14.9 Å². The number of hydrogen-bond acceptors (Lipinski definition) is 5. The molecule has 2 rings (SSSR count). The lowest BCUT2D eigenvalue weighted by Gasteiger charge is -2.19. The normalized spacial score (nSPS) is 10.2. The zero-order valence-electron chi connectivity index (χ0n) is 14.0. The van der Waals surface area contributed by atoms with Crippen LogP contribution in [0.3, 0.4) is 0 Å². The van der Waals surface area contributed by atoms with Gasteiger partial charge in [-0.25, -0.2) is 0 Å². The number of nitro groups is 1. The van der Waals surface area contributed by atoms with Crippen molar-refractivity contribution in [2.75, 3.05) is 36.2 Å². The van der Waals surface area contributed by atoms with E-state index in [0.717, 1.165) is 5.69 Å². The van der Waals surface area contributed by atoms with Crippen LogP contribution in [0.15, 0.2) is 42.5 Å². The molecule has 0 bridgehead atoms. The van der Waals surface area contributed by atoms with Crippen molar-refractivity contribution >= 4 is 40.3 Å². The molecule has 0 unspecified atom stereocenters. The van der Waals surface area contributed by atoms with E-state index in [2.05, 4.69) is 10.6 Å². The van der Waals surface area contributed by atoms with Gasteiger partial charge in [-0.2, -0.15) is 0 Å². The molecule has 0 atom stereocenters. The van der Waals surface area contributed by atoms with Crippen molar-refractivity contribution in [2.24, 2.45) is 0 Å². The van der Waals surface area contributed by atoms with E-state index in [1.807, 2.05) is 19.0 Å². The van der Waals surface area contributed by atoms with Crippen molar-refractivity contribution in [3.05, 3.63) is 57.6 Å². The Morgan fingerprint density at radius 2 is 1.84 bits per heavy atom. The number of amides is 1. The summed E-state index contributed by atoms with van der Waals surface area (Å²) in [6, 6.07) is 11.6. The topological polar surface area (TPSA) is 87.5 Å². The predicted molar refractivity (Wildman–Crippen MR) is 101 cm³/mol. The van der Waals surface area contributed by atoms with E-state index >= 15 is 0 Å². The minimum absolute atomic E-state index is 0.0207. The van der Waals surface area contributed by atoms with Crippen molar-refractivity contribution in [2.45, 2.75) is 6.42 Å². The van der Waals surface area contributed by atoms with Crippen LogP contribution in [0, 0.1) is 10.1 Å². The summed E-state index contributed by atoms with van der Waals surface area (Å²) in [7, 11) is 3.68. The molecule has 0 fully saturated rings. The Morgan fingerprint density at radius 1 is 1.16 bits per heavy atom. The van der Waals surface area contributed by atoms with Gasteiger partial charge in [0, 0.05) is 33.1 Å². The van der Waals surface area contributed by atoms with Gasteiger partial charge in [-0.15, -0.1) is 0 Å². The number of halogens is 1. The number of para-hydroxylation sites is 3. The Kier molecular flexibility index (Phi) is 6.19. The summed E-state index contributed by atoms with van der Waals surface area (Å²) in [6.45, 7) is 0.272. The summed E-state index contributed by atoms with van der Waals surface area (Å²) in [5.74, 6) is -0.212. The van der Waals surface area contributed by atoms with Gasteiger partial charge in [0.1, 0.15) is 5.69 Å². The van der Waals surface area contributed by atoms with Crippen LogP contribution in [0.25, 0.3) is 0 Å². The first-order chi connectivity index (χ1) is 11.9. The highest BCUT2D eigenvalue weighted by atomic mass is 35.5. The largest absolute Gasteiger partial charge is 0.379 e. The van der Waals surface area contributed by atoms with Gasteiger partial charge < -0.3 is 15.5 Å². The van der Waals surface area contributed by atoms with Gasteiger partial charge in [-0.1, -0.05) is 29.8 Å². The first kappa shape index (κ1) is 18.5. The van der Waals surface area contributed by atoms with Crippen LogP contribution in [0.2, 0.25) is 5.02 Å². The van der Waals surface area contributed by atoms with Crippen molar-refractivity contribution < 1.29 is 9.72 Å². The van der Waals surface area contributed by atoms with Gasteiger partial charge in [0.25, 0.3) is 5.69 Å². The van der Waals surface area contributed by atoms with E-state index < -0.39 is 4.92 Å². The summed E-state index contributed by atoms with van der Waals surface area (Å²) < 4.78 is 0. The van der Waals surface area contributed by atoms with Gasteiger partial charge in [0.2, 0.25) is 5.91 Å². The molecule has 0 aliphatic carbocycles. The highest BCUT2D eigenvalue weighted by Gasteiger charge is 2.14. The molecule has 7 nitrogen and oxygen atoms in total. The second-order valence-corrected chi connectivity index (χ2v) is 5.94. The van der Waals surface area contributed by atoms with Crippen molar-refractivity contribution in [1.82, 2.24) is 0 Å². The quantitative estimate of drug-likeness (QED) is 0.578. The Hall–Kier alpha value is -2.80. The molecule has 132 valence electrons. The maximum absolute atomic E-state index is 12.2. The third kappa shape index (κ3) is 4.84. The van der Waals surface area contributed by atoms with Gasteiger partial charge in [-0.3, -0.25) is 14.9 Å². The number of nitro benzene ring substituents is 1. The highest BCUT2D eigenvalue weighted by molar-refractivity contribution is 6.34. The van der Waals surface area contributed by atoms with Crippen molar-refractivity contribution in [3.8, 4) is 0 Å². The molecule has 8 heteroatoms. The Balaban J connectivity index is 1.97. The third-order valence-electron chi connectivity index (χ3n) is 3.48. The fraction of sp³-hybridized carbons (Fsp3) is 0.235. The third-order valence-corrected chi connectivity index (χ3v) is 3.78. The fourth-order valence-corrected chi connectivity index (χ4v) is 2.72. The van der Waals surface area contributed by atoms with Crippen molar-refractivity contribution in [1.29, 1.82) is 0 Å². The smallest absolute Gasteiger partial charge is 0.292 e. The number of nitrogens with zero attached hydrogens (tertiary/aromatic N) is 2. The molecule has 0 spiro atoms. The molecule has 0 aliphatic rings. The second-order valence-electron chi connectivity index (χ2n) is 5.53. The summed E-state index contributed by atoms with van der Waals surface area (Å²) in [5.41, 5.74) is 1.71. The molecule has 0 aromatic heterocycles. The van der Waals surface area contributed by atoms with Crippen LogP contribution in [0.5, 0.6) is 0 Å². The highest BCUT2D eigenvalue weighted by Crippen LogP contribution is 2.32.